The predicted octanol–water partition coefficient (Wildman–Crippen LogP) is 0.526. The van der Waals surface area contributed by atoms with E-state index in [4.69, 9.17) is 5.73 Å². The molecule has 11 heteroatoms. The van der Waals surface area contributed by atoms with E-state index in [2.05, 4.69) is 19.6 Å². The fourth-order valence-electron chi connectivity index (χ4n) is 2.41. The number of piperazine rings is 1. The van der Waals surface area contributed by atoms with Crippen molar-refractivity contribution in [3.05, 3.63) is 11.6 Å². The van der Waals surface area contributed by atoms with Crippen molar-refractivity contribution in [2.45, 2.75) is 19.4 Å². The monoisotopic (exact) mass is 488 g/mol. The molecule has 0 atom stereocenters. The first kappa shape index (κ1) is 21.4. The highest BCUT2D eigenvalue weighted by molar-refractivity contribution is 14.0. The SMILES string of the molecule is CC(C)(CN=C(N)N1CCN(c2nccs2)CC1)NS(C)(=O)=O.I. The largest absolute Gasteiger partial charge is 0.370 e. The van der Waals surface area contributed by atoms with Crippen molar-refractivity contribution in [2.75, 3.05) is 43.9 Å². The van der Waals surface area contributed by atoms with Gasteiger partial charge in [0.25, 0.3) is 0 Å². The number of rotatable bonds is 5. The molecule has 24 heavy (non-hydrogen) atoms. The molecule has 0 bridgehead atoms. The Balaban J connectivity index is 0.00000288. The van der Waals surface area contributed by atoms with Crippen molar-refractivity contribution in [2.24, 2.45) is 10.7 Å². The quantitative estimate of drug-likeness (QED) is 0.356. The van der Waals surface area contributed by atoms with Crippen LogP contribution in [0.15, 0.2) is 16.6 Å². The van der Waals surface area contributed by atoms with Gasteiger partial charge >= 0.3 is 0 Å². The molecule has 0 aliphatic carbocycles. The van der Waals surface area contributed by atoms with Crippen LogP contribution in [0.25, 0.3) is 0 Å². The molecule has 0 spiro atoms. The predicted molar refractivity (Wildman–Crippen MR) is 110 cm³/mol. The van der Waals surface area contributed by atoms with E-state index in [1.807, 2.05) is 10.3 Å². The summed E-state index contributed by atoms with van der Waals surface area (Å²) in [5.41, 5.74) is 5.38. The normalized spacial score (nSPS) is 16.9. The lowest BCUT2D eigenvalue weighted by molar-refractivity contribution is 0.377. The van der Waals surface area contributed by atoms with E-state index in [-0.39, 0.29) is 24.0 Å². The van der Waals surface area contributed by atoms with Crippen LogP contribution >= 0.6 is 35.3 Å². The number of hydrogen-bond acceptors (Lipinski definition) is 6. The topological polar surface area (TPSA) is 104 Å². The second-order valence-electron chi connectivity index (χ2n) is 6.22. The third kappa shape index (κ3) is 6.69. The number of anilines is 1. The molecule has 3 N–H and O–H groups in total. The molecule has 1 fully saturated rings. The minimum Gasteiger partial charge on any atom is -0.370 e. The van der Waals surface area contributed by atoms with Gasteiger partial charge in [-0.05, 0) is 13.8 Å². The number of hydrogen-bond donors (Lipinski definition) is 2. The molecular formula is C13H25IN6O2S2. The number of sulfonamides is 1. The number of nitrogens with one attached hydrogen (secondary N) is 1. The molecule has 1 aromatic rings. The van der Waals surface area contributed by atoms with E-state index in [0.717, 1.165) is 37.6 Å². The van der Waals surface area contributed by atoms with Crippen LogP contribution in [0, 0.1) is 0 Å². The number of nitrogens with zero attached hydrogens (tertiary/aromatic N) is 4. The van der Waals surface area contributed by atoms with Gasteiger partial charge < -0.3 is 15.5 Å². The number of aromatic nitrogens is 1. The molecule has 1 aliphatic rings. The summed E-state index contributed by atoms with van der Waals surface area (Å²) < 4.78 is 25.2. The van der Waals surface area contributed by atoms with Crippen molar-refractivity contribution in [3.63, 3.8) is 0 Å². The summed E-state index contributed by atoms with van der Waals surface area (Å²) in [6, 6.07) is 0. The summed E-state index contributed by atoms with van der Waals surface area (Å²) in [6.07, 6.45) is 2.94. The minimum absolute atomic E-state index is 0. The number of aliphatic imine (C=N–C) groups is 1. The maximum Gasteiger partial charge on any atom is 0.209 e. The van der Waals surface area contributed by atoms with Gasteiger partial charge in [0.1, 0.15) is 0 Å². The lowest BCUT2D eigenvalue weighted by Gasteiger charge is -2.35. The average molecular weight is 488 g/mol. The van der Waals surface area contributed by atoms with Crippen LogP contribution in [-0.4, -0.2) is 68.8 Å². The molecule has 8 nitrogen and oxygen atoms in total. The summed E-state index contributed by atoms with van der Waals surface area (Å²) in [5.74, 6) is 0.451. The Morgan fingerprint density at radius 2 is 2.04 bits per heavy atom. The molecule has 0 unspecified atom stereocenters. The van der Waals surface area contributed by atoms with Crippen LogP contribution < -0.4 is 15.4 Å². The zero-order valence-corrected chi connectivity index (χ0v) is 18.1. The van der Waals surface area contributed by atoms with Crippen molar-refractivity contribution in [1.82, 2.24) is 14.6 Å². The lowest BCUT2D eigenvalue weighted by Crippen LogP contribution is -2.52. The van der Waals surface area contributed by atoms with E-state index < -0.39 is 15.6 Å². The van der Waals surface area contributed by atoms with E-state index in [0.29, 0.717) is 12.5 Å². The van der Waals surface area contributed by atoms with Crippen molar-refractivity contribution in [1.29, 1.82) is 0 Å². The fourth-order valence-corrected chi connectivity index (χ4v) is 4.18. The molecule has 0 saturated carbocycles. The first-order chi connectivity index (χ1) is 10.7. The fraction of sp³-hybridized carbons (Fsp3) is 0.692. The van der Waals surface area contributed by atoms with Crippen LogP contribution in [0.3, 0.4) is 0 Å². The molecule has 1 aromatic heterocycles. The highest BCUT2D eigenvalue weighted by Crippen LogP contribution is 2.18. The summed E-state index contributed by atoms with van der Waals surface area (Å²) in [4.78, 5) is 12.9. The van der Waals surface area contributed by atoms with Crippen LogP contribution in [-0.2, 0) is 10.0 Å². The average Bonchev–Trinajstić information content (AvgIpc) is 2.96. The summed E-state index contributed by atoms with van der Waals surface area (Å²) in [6.45, 7) is 7.09. The maximum absolute atomic E-state index is 11.3. The van der Waals surface area contributed by atoms with Crippen LogP contribution in [0.2, 0.25) is 0 Å². The molecule has 1 saturated heterocycles. The smallest absolute Gasteiger partial charge is 0.209 e. The molecule has 1 aliphatic heterocycles. The molecule has 2 heterocycles. The molecule has 0 radical (unpaired) electrons. The third-order valence-corrected chi connectivity index (χ3v) is 5.15. The van der Waals surface area contributed by atoms with Crippen LogP contribution in [0.4, 0.5) is 5.13 Å². The van der Waals surface area contributed by atoms with E-state index >= 15 is 0 Å². The molecular weight excluding hydrogens is 463 g/mol. The first-order valence-electron chi connectivity index (χ1n) is 7.34. The first-order valence-corrected chi connectivity index (χ1v) is 10.1. The summed E-state index contributed by atoms with van der Waals surface area (Å²) in [7, 11) is -3.27. The standard InChI is InChI=1S/C13H24N6O2S2.HI/c1-13(2,17-23(3,20)21)10-16-11(14)18-5-7-19(8-6-18)12-15-4-9-22-12;/h4,9,17H,5-8,10H2,1-3H3,(H2,14,16);1H. The Morgan fingerprint density at radius 1 is 1.42 bits per heavy atom. The minimum atomic E-state index is -3.27. The van der Waals surface area contributed by atoms with Gasteiger partial charge in [0, 0.05) is 43.3 Å². The third-order valence-electron chi connectivity index (χ3n) is 3.39. The van der Waals surface area contributed by atoms with Gasteiger partial charge in [0.15, 0.2) is 11.1 Å². The van der Waals surface area contributed by atoms with Gasteiger partial charge in [-0.15, -0.1) is 35.3 Å². The van der Waals surface area contributed by atoms with Gasteiger partial charge in [-0.1, -0.05) is 0 Å². The van der Waals surface area contributed by atoms with Crippen LogP contribution in [0.1, 0.15) is 13.8 Å². The number of thiazole rings is 1. The number of guanidine groups is 1. The highest BCUT2D eigenvalue weighted by atomic mass is 127. The lowest BCUT2D eigenvalue weighted by atomic mass is 10.1. The second kappa shape index (κ2) is 8.63. The van der Waals surface area contributed by atoms with Crippen molar-refractivity contribution in [3.8, 4) is 0 Å². The zero-order chi connectivity index (χ0) is 17.1. The van der Waals surface area contributed by atoms with E-state index in [1.54, 1.807) is 31.4 Å². The summed E-state index contributed by atoms with van der Waals surface area (Å²) in [5, 5.41) is 2.99. The second-order valence-corrected chi connectivity index (χ2v) is 8.84. The Bertz CT molecular complexity index is 639. The molecule has 138 valence electrons. The van der Waals surface area contributed by atoms with Crippen LogP contribution in [0.5, 0.6) is 0 Å². The van der Waals surface area contributed by atoms with Crippen molar-refractivity contribution >= 4 is 56.4 Å². The Hall–Kier alpha value is -0.660. The number of halogens is 1. The maximum atomic E-state index is 11.3. The van der Waals surface area contributed by atoms with Gasteiger partial charge in [0.05, 0.1) is 12.8 Å². The van der Waals surface area contributed by atoms with E-state index in [9.17, 15) is 8.42 Å². The molecule has 0 amide bonds. The van der Waals surface area contributed by atoms with E-state index in [1.165, 1.54) is 0 Å². The Kier molecular flexibility index (Phi) is 7.69. The zero-order valence-electron chi connectivity index (χ0n) is 14.1. The van der Waals surface area contributed by atoms with Gasteiger partial charge in [-0.25, -0.2) is 18.1 Å². The molecule has 0 aromatic carbocycles. The van der Waals surface area contributed by atoms with Gasteiger partial charge in [-0.2, -0.15) is 0 Å². The highest BCUT2D eigenvalue weighted by Gasteiger charge is 2.23. The Morgan fingerprint density at radius 3 is 2.54 bits per heavy atom. The van der Waals surface area contributed by atoms with Gasteiger partial charge in [-0.3, -0.25) is 4.99 Å². The number of nitrogens with two attached hydrogens (primary N) is 1. The summed E-state index contributed by atoms with van der Waals surface area (Å²) >= 11 is 1.63. The Labute approximate surface area is 164 Å². The van der Waals surface area contributed by atoms with Crippen molar-refractivity contribution < 1.29 is 8.42 Å². The molecule has 2 rings (SSSR count). The van der Waals surface area contributed by atoms with Gasteiger partial charge in [0.2, 0.25) is 10.0 Å².